The first kappa shape index (κ1) is 26.1. The average Bonchev–Trinajstić information content (AvgIpc) is 3.56. The summed E-state index contributed by atoms with van der Waals surface area (Å²) < 4.78 is 14.9. The fourth-order valence-corrected chi connectivity index (χ4v) is 6.33. The molecule has 3 atom stereocenters. The van der Waals surface area contributed by atoms with Gasteiger partial charge in [0.2, 0.25) is 0 Å². The number of hydrogen-bond acceptors (Lipinski definition) is 5. The summed E-state index contributed by atoms with van der Waals surface area (Å²) in [5.41, 5.74) is 5.30. The molecule has 6 rings (SSSR count). The van der Waals surface area contributed by atoms with Crippen LogP contribution in [-0.2, 0) is 19.6 Å². The van der Waals surface area contributed by atoms with Gasteiger partial charge < -0.3 is 16.0 Å². The molecular weight excluding hydrogens is 489 g/mol. The number of benzene rings is 3. The molecule has 3 fully saturated rings. The third-order valence-corrected chi connectivity index (χ3v) is 8.33. The molecule has 2 bridgehead atoms. The number of nitrogens with one attached hydrogen (secondary N) is 3. The van der Waals surface area contributed by atoms with Crippen molar-refractivity contribution in [1.82, 2.24) is 25.8 Å². The molecule has 6 nitrogen and oxygen atoms in total. The van der Waals surface area contributed by atoms with Crippen LogP contribution < -0.4 is 16.0 Å². The smallest absolute Gasteiger partial charge is 0.251 e. The number of carbonyl (C=O) groups excluding carboxylic acids is 1. The molecule has 0 aromatic heterocycles. The molecule has 3 aliphatic heterocycles. The molecule has 3 aliphatic rings. The zero-order valence-corrected chi connectivity index (χ0v) is 22.6. The molecule has 3 N–H and O–H groups in total. The number of nitrogens with zero attached hydrogens (tertiary/aromatic N) is 2. The molecule has 3 aromatic rings. The molecule has 7 heteroatoms. The Morgan fingerprint density at radius 3 is 2.62 bits per heavy atom. The van der Waals surface area contributed by atoms with Gasteiger partial charge in [-0.15, -0.1) is 0 Å². The highest BCUT2D eigenvalue weighted by Crippen LogP contribution is 2.27. The number of amides is 1. The van der Waals surface area contributed by atoms with Crippen LogP contribution in [0.15, 0.2) is 66.7 Å². The summed E-state index contributed by atoms with van der Waals surface area (Å²) in [6.45, 7) is 9.42. The number of hydrogen-bond donors (Lipinski definition) is 3. The maximum Gasteiger partial charge on any atom is 0.251 e. The molecule has 0 spiro atoms. The van der Waals surface area contributed by atoms with Gasteiger partial charge in [0.05, 0.1) is 0 Å². The van der Waals surface area contributed by atoms with Crippen LogP contribution in [-0.4, -0.2) is 66.6 Å². The van der Waals surface area contributed by atoms with Gasteiger partial charge in [-0.1, -0.05) is 36.4 Å². The van der Waals surface area contributed by atoms with Crippen molar-refractivity contribution in [2.24, 2.45) is 0 Å². The Kier molecular flexibility index (Phi) is 7.75. The second kappa shape index (κ2) is 11.6. The lowest BCUT2D eigenvalue weighted by Gasteiger charge is -2.31. The number of piperazine rings is 2. The quantitative estimate of drug-likeness (QED) is 0.417. The third-order valence-electron chi connectivity index (χ3n) is 8.33. The summed E-state index contributed by atoms with van der Waals surface area (Å²) in [6.07, 6.45) is 1.22. The van der Waals surface area contributed by atoms with E-state index in [0.717, 1.165) is 62.5 Å². The lowest BCUT2D eigenvalue weighted by Crippen LogP contribution is -2.48. The first-order valence-electron chi connectivity index (χ1n) is 14.2. The number of halogens is 1. The fourth-order valence-electron chi connectivity index (χ4n) is 6.33. The van der Waals surface area contributed by atoms with Crippen LogP contribution in [0.1, 0.15) is 40.4 Å². The van der Waals surface area contributed by atoms with E-state index < -0.39 is 0 Å². The van der Waals surface area contributed by atoms with Crippen molar-refractivity contribution in [3.8, 4) is 11.1 Å². The number of fused-ring (bicyclic) bond motifs is 2. The Hall–Kier alpha value is -3.10. The predicted octanol–water partition coefficient (Wildman–Crippen LogP) is 3.76. The molecule has 1 amide bonds. The second-order valence-electron chi connectivity index (χ2n) is 11.4. The average molecular weight is 528 g/mol. The molecule has 3 saturated heterocycles. The van der Waals surface area contributed by atoms with Crippen LogP contribution in [0.3, 0.4) is 0 Å². The van der Waals surface area contributed by atoms with Crippen molar-refractivity contribution in [3.63, 3.8) is 0 Å². The van der Waals surface area contributed by atoms with Gasteiger partial charge in [0.15, 0.2) is 0 Å². The van der Waals surface area contributed by atoms with Gasteiger partial charge in [-0.25, -0.2) is 4.39 Å². The van der Waals surface area contributed by atoms with Gasteiger partial charge in [0.1, 0.15) is 5.82 Å². The van der Waals surface area contributed by atoms with Crippen molar-refractivity contribution in [2.75, 3.05) is 32.7 Å². The minimum absolute atomic E-state index is 0.111. The maximum atomic E-state index is 14.9. The van der Waals surface area contributed by atoms with Crippen molar-refractivity contribution in [1.29, 1.82) is 0 Å². The largest absolute Gasteiger partial charge is 0.348 e. The van der Waals surface area contributed by atoms with Gasteiger partial charge in [-0.3, -0.25) is 14.6 Å². The van der Waals surface area contributed by atoms with E-state index in [9.17, 15) is 9.18 Å². The summed E-state index contributed by atoms with van der Waals surface area (Å²) in [6, 6.07) is 22.9. The molecule has 0 radical (unpaired) electrons. The normalized spacial score (nSPS) is 23.3. The van der Waals surface area contributed by atoms with Crippen LogP contribution in [0.5, 0.6) is 0 Å². The highest BCUT2D eigenvalue weighted by Gasteiger charge is 2.37. The van der Waals surface area contributed by atoms with Crippen LogP contribution in [0.25, 0.3) is 11.1 Å². The third kappa shape index (κ3) is 6.23. The Bertz CT molecular complexity index is 1330. The summed E-state index contributed by atoms with van der Waals surface area (Å²) in [5.74, 6) is -0.365. The van der Waals surface area contributed by atoms with E-state index in [-0.39, 0.29) is 11.7 Å². The lowest BCUT2D eigenvalue weighted by molar-refractivity contribution is 0.0950. The Morgan fingerprint density at radius 2 is 1.82 bits per heavy atom. The van der Waals surface area contributed by atoms with E-state index in [0.29, 0.717) is 35.8 Å². The predicted molar refractivity (Wildman–Crippen MR) is 153 cm³/mol. The van der Waals surface area contributed by atoms with E-state index in [4.69, 9.17) is 0 Å². The Morgan fingerprint density at radius 1 is 0.974 bits per heavy atom. The summed E-state index contributed by atoms with van der Waals surface area (Å²) >= 11 is 0. The first-order chi connectivity index (χ1) is 19.0. The van der Waals surface area contributed by atoms with E-state index in [1.165, 1.54) is 18.1 Å². The zero-order valence-electron chi connectivity index (χ0n) is 22.6. The van der Waals surface area contributed by atoms with Gasteiger partial charge in [-0.05, 0) is 65.9 Å². The Labute approximate surface area is 230 Å². The van der Waals surface area contributed by atoms with Crippen molar-refractivity contribution < 1.29 is 9.18 Å². The first-order valence-corrected chi connectivity index (χ1v) is 14.2. The number of carbonyl (C=O) groups is 1. The minimum atomic E-state index is -0.253. The topological polar surface area (TPSA) is 59.6 Å². The van der Waals surface area contributed by atoms with Crippen LogP contribution in [0.2, 0.25) is 0 Å². The molecule has 3 heterocycles. The van der Waals surface area contributed by atoms with Crippen molar-refractivity contribution >= 4 is 5.91 Å². The van der Waals surface area contributed by atoms with Crippen molar-refractivity contribution in [2.45, 2.75) is 51.1 Å². The van der Waals surface area contributed by atoms with Gasteiger partial charge in [0.25, 0.3) is 5.91 Å². The van der Waals surface area contributed by atoms with E-state index in [2.05, 4.69) is 50.9 Å². The van der Waals surface area contributed by atoms with Crippen LogP contribution >= 0.6 is 0 Å². The highest BCUT2D eigenvalue weighted by atomic mass is 19.1. The highest BCUT2D eigenvalue weighted by molar-refractivity contribution is 5.94. The SMILES string of the molecule is C[C@H]1CN(Cc2cccc(-c3cc(CNC(=O)c4cccc(CN5C[C@@H]6C[C@@H]5CN6)c4)ccc3F)c2)CCN1. The molecule has 3 aromatic carbocycles. The molecular formula is C32H38FN5O. The van der Waals surface area contributed by atoms with Crippen LogP contribution in [0, 0.1) is 5.82 Å². The lowest BCUT2D eigenvalue weighted by atomic mass is 10.00. The summed E-state index contributed by atoms with van der Waals surface area (Å²) in [4.78, 5) is 17.9. The number of rotatable bonds is 8. The van der Waals surface area contributed by atoms with Gasteiger partial charge >= 0.3 is 0 Å². The van der Waals surface area contributed by atoms with Gasteiger partial charge in [-0.2, -0.15) is 0 Å². The Balaban J connectivity index is 1.09. The maximum absolute atomic E-state index is 14.9. The molecule has 0 aliphatic carbocycles. The van der Waals surface area contributed by atoms with Crippen molar-refractivity contribution in [3.05, 3.63) is 94.8 Å². The summed E-state index contributed by atoms with van der Waals surface area (Å²) in [7, 11) is 0. The zero-order chi connectivity index (χ0) is 26.8. The monoisotopic (exact) mass is 527 g/mol. The standard InChI is InChI=1S/C32H38FN5O/c1-22-18-37(11-10-34-22)19-24-4-2-6-26(12-24)30-14-23(8-9-31(30)33)16-36-32(39)27-7-3-5-25(13-27)20-38-21-28-15-29(38)17-35-28/h2-9,12-14,22,28-29,34-35H,10-11,15-21H2,1H3,(H,36,39)/t22-,28-,29+/m0/s1. The fraction of sp³-hybridized carbons (Fsp3) is 0.406. The number of likely N-dealkylation sites (tertiary alicyclic amines) is 1. The van der Waals surface area contributed by atoms with E-state index in [1.54, 1.807) is 6.07 Å². The molecule has 39 heavy (non-hydrogen) atoms. The van der Waals surface area contributed by atoms with E-state index in [1.807, 2.05) is 36.4 Å². The van der Waals surface area contributed by atoms with E-state index >= 15 is 0 Å². The summed E-state index contributed by atoms with van der Waals surface area (Å²) in [5, 5.41) is 10.0. The van der Waals surface area contributed by atoms with Gasteiger partial charge in [0, 0.05) is 81.6 Å². The minimum Gasteiger partial charge on any atom is -0.348 e. The molecule has 0 unspecified atom stereocenters. The molecule has 204 valence electrons. The molecule has 0 saturated carbocycles. The van der Waals surface area contributed by atoms with Crippen LogP contribution in [0.4, 0.5) is 4.39 Å². The second-order valence-corrected chi connectivity index (χ2v) is 11.4.